The van der Waals surface area contributed by atoms with Gasteiger partial charge < -0.3 is 30.0 Å². The van der Waals surface area contributed by atoms with Gasteiger partial charge >= 0.3 is 23.9 Å². The normalized spacial score (nSPS) is 34.3. The molecule has 0 aromatic rings. The molecule has 5 aliphatic carbocycles. The number of esters is 3. The van der Waals surface area contributed by atoms with Gasteiger partial charge in [0.15, 0.2) is 0 Å². The molecule has 3 N–H and O–H groups in total. The van der Waals surface area contributed by atoms with Crippen LogP contribution in [0.4, 0.5) is 0 Å². The molecule has 5 fully saturated rings. The SMILES string of the molecule is C=C(C)[C@@H]1CC[C@]2(C(=O)NCCCCCCCCC(=O)N[C@H](CCC(=O)OC)C(=O)OC)CC[C@]3(C)[C@H](CC[C@@H]4[C@@]5(C)CC[C@H](OC(=O)CC(C)(C)C(=O)O)C(C)(C)[C@@H]5CC[C@]43C)[C@@H]12. The van der Waals surface area contributed by atoms with Crippen LogP contribution in [0.3, 0.4) is 0 Å². The maximum atomic E-state index is 14.6. The summed E-state index contributed by atoms with van der Waals surface area (Å²) in [5.41, 5.74) is -0.288. The molecule has 5 saturated carbocycles. The second-order valence-corrected chi connectivity index (χ2v) is 22.9. The highest BCUT2D eigenvalue weighted by Gasteiger charge is 2.72. The number of methoxy groups -OCH3 is 2. The summed E-state index contributed by atoms with van der Waals surface area (Å²) in [7, 11) is 2.54. The fraction of sp³-hybridized carbons (Fsp3) is 0.846. The average Bonchev–Trinajstić information content (AvgIpc) is 3.63. The van der Waals surface area contributed by atoms with Crippen molar-refractivity contribution in [2.45, 2.75) is 196 Å². The molecule has 12 heteroatoms. The fourth-order valence-corrected chi connectivity index (χ4v) is 14.9. The van der Waals surface area contributed by atoms with Gasteiger partial charge in [0.25, 0.3) is 0 Å². The Bertz CT molecular complexity index is 1760. The highest BCUT2D eigenvalue weighted by molar-refractivity contribution is 5.85. The lowest BCUT2D eigenvalue weighted by molar-refractivity contribution is -0.249. The Labute approximate surface area is 384 Å². The largest absolute Gasteiger partial charge is 0.481 e. The van der Waals surface area contributed by atoms with E-state index in [1.54, 1.807) is 13.8 Å². The second-order valence-electron chi connectivity index (χ2n) is 22.9. The summed E-state index contributed by atoms with van der Waals surface area (Å²) in [5, 5.41) is 15.8. The van der Waals surface area contributed by atoms with Crippen molar-refractivity contribution in [3.8, 4) is 0 Å². The zero-order valence-electron chi connectivity index (χ0n) is 41.2. The maximum absolute atomic E-state index is 14.6. The van der Waals surface area contributed by atoms with E-state index in [0.717, 1.165) is 96.3 Å². The van der Waals surface area contributed by atoms with Crippen LogP contribution in [-0.4, -0.2) is 73.7 Å². The van der Waals surface area contributed by atoms with Gasteiger partial charge in [0, 0.05) is 24.8 Å². The minimum atomic E-state index is -1.17. The van der Waals surface area contributed by atoms with Gasteiger partial charge in [-0.05, 0) is 150 Å². The summed E-state index contributed by atoms with van der Waals surface area (Å²) in [4.78, 5) is 75.7. The van der Waals surface area contributed by atoms with Gasteiger partial charge in [-0.3, -0.25) is 24.0 Å². The average molecular weight is 897 g/mol. The molecule has 0 unspecified atom stereocenters. The molecule has 0 heterocycles. The molecule has 0 radical (unpaired) electrons. The molecule has 0 aromatic heterocycles. The van der Waals surface area contributed by atoms with Gasteiger partial charge in [-0.1, -0.05) is 72.5 Å². The Morgan fingerprint density at radius 2 is 1.42 bits per heavy atom. The zero-order chi connectivity index (χ0) is 47.5. The number of ether oxygens (including phenoxy) is 3. The molecule has 0 spiro atoms. The van der Waals surface area contributed by atoms with Crippen molar-refractivity contribution in [2.75, 3.05) is 20.8 Å². The van der Waals surface area contributed by atoms with Crippen LogP contribution in [0.5, 0.6) is 0 Å². The van der Waals surface area contributed by atoms with Gasteiger partial charge in [-0.15, -0.1) is 0 Å². The van der Waals surface area contributed by atoms with Crippen molar-refractivity contribution in [1.29, 1.82) is 0 Å². The van der Waals surface area contributed by atoms with Crippen molar-refractivity contribution < 1.29 is 48.1 Å². The number of carbonyl (C=O) groups is 6. The predicted molar refractivity (Wildman–Crippen MR) is 245 cm³/mol. The number of nitrogens with one attached hydrogen (secondary N) is 2. The number of hydrogen-bond donors (Lipinski definition) is 3. The van der Waals surface area contributed by atoms with Crippen molar-refractivity contribution in [3.63, 3.8) is 0 Å². The number of carboxylic acid groups (broad SMARTS) is 1. The molecule has 2 amide bonds. The van der Waals surface area contributed by atoms with Gasteiger partial charge in [0.05, 0.1) is 31.5 Å². The summed E-state index contributed by atoms with van der Waals surface area (Å²) in [5.74, 6) is -0.473. The Morgan fingerprint density at radius 1 is 0.750 bits per heavy atom. The third-order valence-electron chi connectivity index (χ3n) is 18.7. The van der Waals surface area contributed by atoms with E-state index in [-0.39, 0.29) is 70.2 Å². The molecule has 5 rings (SSSR count). The smallest absolute Gasteiger partial charge is 0.328 e. The summed E-state index contributed by atoms with van der Waals surface area (Å²) in [6, 6.07) is -0.877. The van der Waals surface area contributed by atoms with E-state index in [1.165, 1.54) is 19.8 Å². The molecule has 0 bridgehead atoms. The number of carboxylic acids is 1. The Hall–Kier alpha value is -3.44. The molecule has 0 aliphatic heterocycles. The topological polar surface area (TPSA) is 174 Å². The van der Waals surface area contributed by atoms with Crippen molar-refractivity contribution in [3.05, 3.63) is 12.2 Å². The van der Waals surface area contributed by atoms with E-state index >= 15 is 0 Å². The molecule has 0 aromatic carbocycles. The summed E-state index contributed by atoms with van der Waals surface area (Å²) in [6.45, 7) is 22.8. The molecular formula is C52H84N2O10. The minimum Gasteiger partial charge on any atom is -0.481 e. The monoisotopic (exact) mass is 897 g/mol. The number of amides is 2. The van der Waals surface area contributed by atoms with Crippen LogP contribution in [0.1, 0.15) is 184 Å². The number of carbonyl (C=O) groups excluding carboxylic acids is 5. The second kappa shape index (κ2) is 20.2. The van der Waals surface area contributed by atoms with Crippen molar-refractivity contribution >= 4 is 35.7 Å². The number of allylic oxidation sites excluding steroid dienone is 1. The van der Waals surface area contributed by atoms with Crippen LogP contribution in [-0.2, 0) is 43.0 Å². The van der Waals surface area contributed by atoms with Crippen LogP contribution in [0.2, 0.25) is 0 Å². The Kier molecular flexibility index (Phi) is 16.3. The van der Waals surface area contributed by atoms with E-state index in [2.05, 4.69) is 63.5 Å². The van der Waals surface area contributed by atoms with Crippen molar-refractivity contribution in [2.24, 2.45) is 62.1 Å². The van der Waals surface area contributed by atoms with Gasteiger partial charge in [0.2, 0.25) is 11.8 Å². The summed E-state index contributed by atoms with van der Waals surface area (Å²) >= 11 is 0. The first-order valence-corrected chi connectivity index (χ1v) is 24.8. The highest BCUT2D eigenvalue weighted by atomic mass is 16.5. The Morgan fingerprint density at radius 3 is 2.06 bits per heavy atom. The third-order valence-corrected chi connectivity index (χ3v) is 18.7. The van der Waals surface area contributed by atoms with E-state index in [1.807, 2.05) is 0 Å². The predicted octanol–water partition coefficient (Wildman–Crippen LogP) is 9.51. The molecule has 0 saturated heterocycles. The molecular weight excluding hydrogens is 813 g/mol. The summed E-state index contributed by atoms with van der Waals surface area (Å²) in [6.07, 6.45) is 15.7. The maximum Gasteiger partial charge on any atom is 0.328 e. The lowest BCUT2D eigenvalue weighted by Crippen LogP contribution is -2.67. The first-order valence-electron chi connectivity index (χ1n) is 24.8. The number of aliphatic carboxylic acids is 1. The Balaban J connectivity index is 1.15. The quantitative estimate of drug-likeness (QED) is 0.0462. The van der Waals surface area contributed by atoms with Crippen LogP contribution in [0.25, 0.3) is 0 Å². The van der Waals surface area contributed by atoms with E-state index < -0.39 is 35.3 Å². The van der Waals surface area contributed by atoms with E-state index in [0.29, 0.717) is 43.1 Å². The first-order chi connectivity index (χ1) is 29.9. The van der Waals surface area contributed by atoms with Gasteiger partial charge in [0.1, 0.15) is 12.1 Å². The third kappa shape index (κ3) is 9.96. The van der Waals surface area contributed by atoms with E-state index in [9.17, 15) is 33.9 Å². The van der Waals surface area contributed by atoms with Crippen molar-refractivity contribution in [1.82, 2.24) is 10.6 Å². The molecule has 362 valence electrons. The molecule has 64 heavy (non-hydrogen) atoms. The standard InChI is InChI=1S/C52H84N2O10/c1-33(2)34-23-28-52(45(59)53-31-17-15-13-12-14-16-18-40(55)54-36(44(58)63-11)20-22-41(56)62-10)30-29-50(8)35(43(34)52)19-21-38-49(7)26-25-39(64-42(57)32-47(3,4)46(60)61)48(5,6)37(49)24-27-51(38,50)9/h34-39,43H,1,12-32H2,2-11H3,(H,53,59)(H,54,55)(H,60,61)/t34-,35+,36+,37-,38+,39-,43+,49-,50+,51+,52-/m0/s1. The van der Waals surface area contributed by atoms with Crippen LogP contribution in [0.15, 0.2) is 12.2 Å². The number of rotatable bonds is 20. The lowest BCUT2D eigenvalue weighted by atomic mass is 9.32. The zero-order valence-corrected chi connectivity index (χ0v) is 41.2. The van der Waals surface area contributed by atoms with Gasteiger partial charge in [-0.2, -0.15) is 0 Å². The summed E-state index contributed by atoms with van der Waals surface area (Å²) < 4.78 is 15.6. The molecule has 5 aliphatic rings. The first kappa shape index (κ1) is 51.5. The van der Waals surface area contributed by atoms with Gasteiger partial charge in [-0.25, -0.2) is 4.79 Å². The number of unbranched alkanes of at least 4 members (excludes halogenated alkanes) is 5. The van der Waals surface area contributed by atoms with E-state index in [4.69, 9.17) is 9.47 Å². The fourth-order valence-electron chi connectivity index (χ4n) is 14.9. The van der Waals surface area contributed by atoms with Crippen LogP contribution >= 0.6 is 0 Å². The molecule has 11 atom stereocenters. The van der Waals surface area contributed by atoms with Crippen LogP contribution in [0, 0.1) is 62.1 Å². The molecule has 12 nitrogen and oxygen atoms in total. The minimum absolute atomic E-state index is 0.0125. The number of hydrogen-bond acceptors (Lipinski definition) is 9. The highest BCUT2D eigenvalue weighted by Crippen LogP contribution is 2.77. The van der Waals surface area contributed by atoms with Crippen LogP contribution < -0.4 is 10.6 Å². The number of fused-ring (bicyclic) bond motifs is 7. The lowest BCUT2D eigenvalue weighted by Gasteiger charge is -2.72.